The number of aromatic nitrogens is 1. The molecule has 0 atom stereocenters. The van der Waals surface area contributed by atoms with Gasteiger partial charge in [0.05, 0.1) is 26.3 Å². The third-order valence-corrected chi connectivity index (χ3v) is 4.80. The molecule has 5 nitrogen and oxygen atoms in total. The van der Waals surface area contributed by atoms with E-state index in [4.69, 9.17) is 9.47 Å². The molecule has 1 amide bonds. The molecule has 1 aromatic heterocycles. The monoisotopic (exact) mass is 336 g/mol. The van der Waals surface area contributed by atoms with E-state index < -0.39 is 0 Å². The maximum atomic E-state index is 13.0. The lowest BCUT2D eigenvalue weighted by atomic mass is 10.0. The first-order valence-electron chi connectivity index (χ1n) is 8.31. The first-order chi connectivity index (χ1) is 12.2. The average molecular weight is 336 g/mol. The van der Waals surface area contributed by atoms with E-state index in [-0.39, 0.29) is 5.91 Å². The fourth-order valence-electron chi connectivity index (χ4n) is 3.59. The summed E-state index contributed by atoms with van der Waals surface area (Å²) in [6.07, 6.45) is 0.845. The average Bonchev–Trinajstić information content (AvgIpc) is 3.04. The lowest BCUT2D eigenvalue weighted by Gasteiger charge is -2.28. The Morgan fingerprint density at radius 3 is 2.72 bits per heavy atom. The molecule has 0 bridgehead atoms. The Morgan fingerprint density at radius 1 is 1.08 bits per heavy atom. The van der Waals surface area contributed by atoms with E-state index in [1.807, 2.05) is 17.0 Å². The number of fused-ring (bicyclic) bond motifs is 3. The van der Waals surface area contributed by atoms with E-state index in [0.29, 0.717) is 30.2 Å². The van der Waals surface area contributed by atoms with Crippen LogP contribution in [0.5, 0.6) is 11.5 Å². The fourth-order valence-corrected chi connectivity index (χ4v) is 3.59. The zero-order valence-electron chi connectivity index (χ0n) is 14.3. The fraction of sp³-hybridized carbons (Fsp3) is 0.250. The lowest BCUT2D eigenvalue weighted by Crippen LogP contribution is -2.36. The minimum Gasteiger partial charge on any atom is -0.493 e. The van der Waals surface area contributed by atoms with Crippen LogP contribution in [0.25, 0.3) is 10.9 Å². The van der Waals surface area contributed by atoms with E-state index in [9.17, 15) is 4.79 Å². The summed E-state index contributed by atoms with van der Waals surface area (Å²) in [5.41, 5.74) is 4.09. The van der Waals surface area contributed by atoms with Gasteiger partial charge in [-0.2, -0.15) is 0 Å². The van der Waals surface area contributed by atoms with Gasteiger partial charge in [-0.1, -0.05) is 24.3 Å². The number of nitrogens with zero attached hydrogens (tertiary/aromatic N) is 1. The second kappa shape index (κ2) is 6.16. The molecule has 25 heavy (non-hydrogen) atoms. The summed E-state index contributed by atoms with van der Waals surface area (Å²) in [6.45, 7) is 1.26. The molecule has 3 aromatic rings. The highest BCUT2D eigenvalue weighted by molar-refractivity contribution is 5.98. The number of hydrogen-bond acceptors (Lipinski definition) is 3. The molecule has 2 aromatic carbocycles. The highest BCUT2D eigenvalue weighted by Crippen LogP contribution is 2.33. The van der Waals surface area contributed by atoms with Crippen LogP contribution in [0.3, 0.4) is 0 Å². The van der Waals surface area contributed by atoms with Gasteiger partial charge >= 0.3 is 0 Å². The molecular formula is C20H20N2O3. The van der Waals surface area contributed by atoms with Crippen LogP contribution >= 0.6 is 0 Å². The minimum absolute atomic E-state index is 0.0416. The van der Waals surface area contributed by atoms with Crippen LogP contribution in [0.4, 0.5) is 0 Å². The molecule has 1 aliphatic rings. The Hall–Kier alpha value is -2.95. The Labute approximate surface area is 146 Å². The SMILES string of the molecule is COc1cccc(C(=O)N2CCc3c([nH]c4ccccc34)C2)c1OC. The van der Waals surface area contributed by atoms with E-state index in [2.05, 4.69) is 23.2 Å². The standard InChI is InChI=1S/C20H20N2O3/c1-24-18-9-5-7-15(19(18)25-2)20(23)22-11-10-14-13-6-3-4-8-16(13)21-17(14)12-22/h3-9,21H,10-12H2,1-2H3. The summed E-state index contributed by atoms with van der Waals surface area (Å²) >= 11 is 0. The molecule has 128 valence electrons. The molecular weight excluding hydrogens is 316 g/mol. The molecule has 4 rings (SSSR count). The molecule has 5 heteroatoms. The van der Waals surface area contributed by atoms with Crippen LogP contribution in [0, 0.1) is 0 Å². The number of H-pyrrole nitrogens is 1. The predicted octanol–water partition coefficient (Wildman–Crippen LogP) is 3.38. The van der Waals surface area contributed by atoms with Gasteiger partial charge in [-0.15, -0.1) is 0 Å². The van der Waals surface area contributed by atoms with E-state index in [1.54, 1.807) is 26.4 Å². The predicted molar refractivity (Wildman–Crippen MR) is 96.3 cm³/mol. The summed E-state index contributed by atoms with van der Waals surface area (Å²) in [5, 5.41) is 1.25. The lowest BCUT2D eigenvalue weighted by molar-refractivity contribution is 0.0729. The number of hydrogen-bond donors (Lipinski definition) is 1. The number of carbonyl (C=O) groups is 1. The highest BCUT2D eigenvalue weighted by atomic mass is 16.5. The number of methoxy groups -OCH3 is 2. The van der Waals surface area contributed by atoms with Crippen molar-refractivity contribution < 1.29 is 14.3 Å². The van der Waals surface area contributed by atoms with Crippen molar-refractivity contribution in [1.29, 1.82) is 0 Å². The minimum atomic E-state index is -0.0416. The Kier molecular flexibility index (Phi) is 3.84. The molecule has 0 radical (unpaired) electrons. The van der Waals surface area contributed by atoms with Gasteiger partial charge in [-0.05, 0) is 30.2 Å². The number of amides is 1. The second-order valence-corrected chi connectivity index (χ2v) is 6.15. The Balaban J connectivity index is 1.67. The van der Waals surface area contributed by atoms with E-state index in [1.165, 1.54) is 10.9 Å². The number of rotatable bonds is 3. The van der Waals surface area contributed by atoms with Crippen molar-refractivity contribution in [3.05, 3.63) is 59.3 Å². The van der Waals surface area contributed by atoms with Crippen molar-refractivity contribution in [2.45, 2.75) is 13.0 Å². The smallest absolute Gasteiger partial charge is 0.258 e. The molecule has 0 saturated carbocycles. The van der Waals surface area contributed by atoms with Crippen molar-refractivity contribution in [2.24, 2.45) is 0 Å². The largest absolute Gasteiger partial charge is 0.493 e. The van der Waals surface area contributed by atoms with Crippen LogP contribution in [-0.4, -0.2) is 36.6 Å². The normalized spacial score (nSPS) is 13.6. The van der Waals surface area contributed by atoms with Gasteiger partial charge in [0.1, 0.15) is 0 Å². The van der Waals surface area contributed by atoms with E-state index in [0.717, 1.165) is 17.6 Å². The van der Waals surface area contributed by atoms with Gasteiger partial charge in [0.15, 0.2) is 11.5 Å². The van der Waals surface area contributed by atoms with Crippen molar-refractivity contribution >= 4 is 16.8 Å². The zero-order valence-corrected chi connectivity index (χ0v) is 14.3. The van der Waals surface area contributed by atoms with Crippen molar-refractivity contribution in [1.82, 2.24) is 9.88 Å². The van der Waals surface area contributed by atoms with Crippen LogP contribution in [-0.2, 0) is 13.0 Å². The van der Waals surface area contributed by atoms with Crippen LogP contribution in [0.2, 0.25) is 0 Å². The first-order valence-corrected chi connectivity index (χ1v) is 8.31. The number of nitrogens with one attached hydrogen (secondary N) is 1. The highest BCUT2D eigenvalue weighted by Gasteiger charge is 2.27. The van der Waals surface area contributed by atoms with Crippen LogP contribution < -0.4 is 9.47 Å². The van der Waals surface area contributed by atoms with Crippen LogP contribution in [0.1, 0.15) is 21.6 Å². The Bertz CT molecular complexity index is 945. The molecule has 0 fully saturated rings. The Morgan fingerprint density at radius 2 is 1.92 bits per heavy atom. The van der Waals surface area contributed by atoms with Crippen molar-refractivity contribution in [3.63, 3.8) is 0 Å². The van der Waals surface area contributed by atoms with Gasteiger partial charge in [0, 0.05) is 23.1 Å². The van der Waals surface area contributed by atoms with Crippen molar-refractivity contribution in [3.8, 4) is 11.5 Å². The number of carbonyl (C=O) groups excluding carboxylic acids is 1. The maximum Gasteiger partial charge on any atom is 0.258 e. The quantitative estimate of drug-likeness (QED) is 0.798. The van der Waals surface area contributed by atoms with Crippen LogP contribution in [0.15, 0.2) is 42.5 Å². The van der Waals surface area contributed by atoms with Crippen molar-refractivity contribution in [2.75, 3.05) is 20.8 Å². The summed E-state index contributed by atoms with van der Waals surface area (Å²) < 4.78 is 10.7. The molecule has 0 aliphatic carbocycles. The molecule has 0 saturated heterocycles. The summed E-state index contributed by atoms with van der Waals surface area (Å²) in [7, 11) is 3.13. The summed E-state index contributed by atoms with van der Waals surface area (Å²) in [6, 6.07) is 13.7. The van der Waals surface area contributed by atoms with Gasteiger partial charge in [-0.25, -0.2) is 0 Å². The zero-order chi connectivity index (χ0) is 17.4. The molecule has 0 spiro atoms. The summed E-state index contributed by atoms with van der Waals surface area (Å²) in [5.74, 6) is 1.01. The van der Waals surface area contributed by atoms with E-state index >= 15 is 0 Å². The first kappa shape index (κ1) is 15.6. The molecule has 2 heterocycles. The molecule has 0 unspecified atom stereocenters. The number of ether oxygens (including phenoxy) is 2. The van der Waals surface area contributed by atoms with Gasteiger partial charge < -0.3 is 19.4 Å². The number of aromatic amines is 1. The molecule has 1 aliphatic heterocycles. The number of benzene rings is 2. The second-order valence-electron chi connectivity index (χ2n) is 6.15. The van der Waals surface area contributed by atoms with Gasteiger partial charge in [0.2, 0.25) is 0 Å². The third-order valence-electron chi connectivity index (χ3n) is 4.80. The van der Waals surface area contributed by atoms with Gasteiger partial charge in [-0.3, -0.25) is 4.79 Å². The topological polar surface area (TPSA) is 54.6 Å². The number of para-hydroxylation sites is 2. The molecule has 1 N–H and O–H groups in total. The summed E-state index contributed by atoms with van der Waals surface area (Å²) in [4.78, 5) is 18.4. The third kappa shape index (κ3) is 2.52. The maximum absolute atomic E-state index is 13.0. The van der Waals surface area contributed by atoms with Gasteiger partial charge in [0.25, 0.3) is 5.91 Å².